The van der Waals surface area contributed by atoms with Gasteiger partial charge >= 0.3 is 0 Å². The summed E-state index contributed by atoms with van der Waals surface area (Å²) in [5.74, 6) is 0.119. The summed E-state index contributed by atoms with van der Waals surface area (Å²) < 4.78 is 5.31. The van der Waals surface area contributed by atoms with Crippen LogP contribution in [0.5, 0.6) is 0 Å². The molecule has 3 atom stereocenters. The fourth-order valence-electron chi connectivity index (χ4n) is 2.09. The quantitative estimate of drug-likeness (QED) is 0.699. The van der Waals surface area contributed by atoms with Gasteiger partial charge in [0.05, 0.1) is 19.1 Å². The molecule has 1 heterocycles. The molecule has 0 bridgehead atoms. The highest BCUT2D eigenvalue weighted by Crippen LogP contribution is 2.44. The largest absolute Gasteiger partial charge is 0.379 e. The minimum Gasteiger partial charge on any atom is -0.379 e. The van der Waals surface area contributed by atoms with E-state index < -0.39 is 0 Å². The van der Waals surface area contributed by atoms with Gasteiger partial charge in [0.1, 0.15) is 0 Å². The Morgan fingerprint density at radius 1 is 1.40 bits per heavy atom. The Balaban J connectivity index is 1.86. The second-order valence-corrected chi connectivity index (χ2v) is 5.29. The minimum absolute atomic E-state index is 0.0219. The fourth-order valence-corrected chi connectivity index (χ4v) is 2.09. The zero-order chi connectivity index (χ0) is 11.1. The number of hydrogen-bond acceptors (Lipinski definition) is 3. The molecule has 3 unspecified atom stereocenters. The molecule has 2 N–H and O–H groups in total. The molecule has 1 amide bonds. The van der Waals surface area contributed by atoms with Crippen LogP contribution in [0.2, 0.25) is 0 Å². The van der Waals surface area contributed by atoms with Crippen LogP contribution in [0.4, 0.5) is 0 Å². The Hall–Kier alpha value is -0.610. The van der Waals surface area contributed by atoms with Crippen LogP contribution in [0.3, 0.4) is 0 Å². The first-order valence-electron chi connectivity index (χ1n) is 5.60. The van der Waals surface area contributed by atoms with Crippen molar-refractivity contribution in [3.63, 3.8) is 0 Å². The monoisotopic (exact) mass is 212 g/mol. The molecule has 2 rings (SSSR count). The van der Waals surface area contributed by atoms with Gasteiger partial charge in [0.15, 0.2) is 0 Å². The van der Waals surface area contributed by atoms with E-state index in [9.17, 15) is 4.79 Å². The first-order valence-corrected chi connectivity index (χ1v) is 5.60. The third kappa shape index (κ3) is 2.16. The Bertz CT molecular complexity index is 265. The molecule has 1 saturated carbocycles. The van der Waals surface area contributed by atoms with Crippen molar-refractivity contribution in [3.05, 3.63) is 0 Å². The Morgan fingerprint density at radius 2 is 2.07 bits per heavy atom. The van der Waals surface area contributed by atoms with Crippen LogP contribution in [0.1, 0.15) is 20.3 Å². The fraction of sp³-hybridized carbons (Fsp3) is 0.909. The van der Waals surface area contributed by atoms with Crippen LogP contribution in [0.15, 0.2) is 0 Å². The van der Waals surface area contributed by atoms with E-state index in [1.54, 1.807) is 0 Å². The molecule has 2 aliphatic rings. The van der Waals surface area contributed by atoms with Crippen LogP contribution in [0, 0.1) is 11.3 Å². The maximum atomic E-state index is 11.9. The van der Waals surface area contributed by atoms with Crippen LogP contribution < -0.4 is 10.6 Å². The van der Waals surface area contributed by atoms with Crippen LogP contribution >= 0.6 is 0 Å². The predicted molar refractivity (Wildman–Crippen MR) is 57.5 cm³/mol. The molecule has 0 spiro atoms. The van der Waals surface area contributed by atoms with Crippen molar-refractivity contribution in [3.8, 4) is 0 Å². The number of amides is 1. The summed E-state index contributed by atoms with van der Waals surface area (Å²) in [6, 6.07) is 0.537. The van der Waals surface area contributed by atoms with Crippen molar-refractivity contribution in [1.29, 1.82) is 0 Å². The van der Waals surface area contributed by atoms with E-state index in [4.69, 9.17) is 4.74 Å². The number of likely N-dealkylation sites (N-methyl/N-ethyl adjacent to an activating group) is 1. The van der Waals surface area contributed by atoms with E-state index in [0.717, 1.165) is 6.42 Å². The lowest BCUT2D eigenvalue weighted by Crippen LogP contribution is -2.43. The van der Waals surface area contributed by atoms with Crippen molar-refractivity contribution in [2.24, 2.45) is 11.3 Å². The molecule has 4 nitrogen and oxygen atoms in total. The molecule has 0 radical (unpaired) electrons. The Labute approximate surface area is 90.8 Å². The minimum atomic E-state index is -0.0219. The van der Waals surface area contributed by atoms with Gasteiger partial charge in [-0.1, -0.05) is 13.8 Å². The number of carbonyl (C=O) groups excluding carboxylic acids is 1. The van der Waals surface area contributed by atoms with Gasteiger partial charge in [-0.2, -0.15) is 0 Å². The van der Waals surface area contributed by atoms with Crippen molar-refractivity contribution in [2.45, 2.75) is 32.4 Å². The van der Waals surface area contributed by atoms with E-state index >= 15 is 0 Å². The molecule has 1 aliphatic carbocycles. The van der Waals surface area contributed by atoms with Gasteiger partial charge in [-0.25, -0.2) is 0 Å². The van der Waals surface area contributed by atoms with Crippen molar-refractivity contribution < 1.29 is 9.53 Å². The zero-order valence-corrected chi connectivity index (χ0v) is 9.67. The lowest BCUT2D eigenvalue weighted by molar-refractivity contribution is -0.125. The number of nitrogens with one attached hydrogen (secondary N) is 2. The highest BCUT2D eigenvalue weighted by molar-refractivity contribution is 5.80. The molecule has 15 heavy (non-hydrogen) atoms. The number of rotatable bonds is 3. The maximum Gasteiger partial charge on any atom is 0.227 e. The predicted octanol–water partition coefficient (Wildman–Crippen LogP) is 0.135. The van der Waals surface area contributed by atoms with Gasteiger partial charge in [-0.3, -0.25) is 4.79 Å². The molecule has 0 aromatic heterocycles. The Morgan fingerprint density at radius 3 is 2.60 bits per heavy atom. The maximum absolute atomic E-state index is 11.9. The smallest absolute Gasteiger partial charge is 0.227 e. The first kappa shape index (κ1) is 10.9. The van der Waals surface area contributed by atoms with Gasteiger partial charge in [0.2, 0.25) is 5.91 Å². The molecule has 1 aliphatic heterocycles. The third-order valence-electron chi connectivity index (χ3n) is 3.62. The standard InChI is InChI=1S/C11H20N2O2/c1-11(2)4-9(11)13-10(14)7-5-15-6-8(7)12-3/h7-9,12H,4-6H2,1-3H3,(H,13,14). The molecule has 86 valence electrons. The van der Waals surface area contributed by atoms with Gasteiger partial charge in [-0.15, -0.1) is 0 Å². The molecule has 0 aromatic rings. The lowest BCUT2D eigenvalue weighted by Gasteiger charge is -2.17. The summed E-state index contributed by atoms with van der Waals surface area (Å²) >= 11 is 0. The number of hydrogen-bond donors (Lipinski definition) is 2. The molecular weight excluding hydrogens is 192 g/mol. The normalized spacial score (nSPS) is 37.7. The van der Waals surface area contributed by atoms with Crippen LogP contribution in [-0.4, -0.2) is 38.3 Å². The van der Waals surface area contributed by atoms with Crippen molar-refractivity contribution >= 4 is 5.91 Å². The SMILES string of the molecule is CNC1COCC1C(=O)NC1CC1(C)C. The van der Waals surface area contributed by atoms with E-state index in [1.807, 2.05) is 7.05 Å². The van der Waals surface area contributed by atoms with Crippen molar-refractivity contribution in [2.75, 3.05) is 20.3 Å². The molecule has 0 aromatic carbocycles. The Kier molecular flexibility index (Phi) is 2.73. The van der Waals surface area contributed by atoms with Crippen molar-refractivity contribution in [1.82, 2.24) is 10.6 Å². The second kappa shape index (κ2) is 3.76. The summed E-state index contributed by atoms with van der Waals surface area (Å²) in [5.41, 5.74) is 0.296. The van der Waals surface area contributed by atoms with E-state index in [2.05, 4.69) is 24.5 Å². The van der Waals surface area contributed by atoms with Crippen LogP contribution in [-0.2, 0) is 9.53 Å². The average Bonchev–Trinajstić information content (AvgIpc) is 2.67. The summed E-state index contributed by atoms with van der Waals surface area (Å²) in [6.45, 7) is 5.55. The number of carbonyl (C=O) groups is 1. The van der Waals surface area contributed by atoms with Gasteiger partial charge < -0.3 is 15.4 Å². The van der Waals surface area contributed by atoms with E-state index in [0.29, 0.717) is 24.7 Å². The second-order valence-electron chi connectivity index (χ2n) is 5.29. The summed E-state index contributed by atoms with van der Waals surface area (Å²) in [6.07, 6.45) is 1.09. The molecular formula is C11H20N2O2. The number of ether oxygens (including phenoxy) is 1. The summed E-state index contributed by atoms with van der Waals surface area (Å²) in [5, 5.41) is 6.21. The summed E-state index contributed by atoms with van der Waals surface area (Å²) in [4.78, 5) is 11.9. The lowest BCUT2D eigenvalue weighted by atomic mass is 10.0. The van der Waals surface area contributed by atoms with Gasteiger partial charge in [-0.05, 0) is 18.9 Å². The highest BCUT2D eigenvalue weighted by Gasteiger charge is 2.48. The van der Waals surface area contributed by atoms with E-state index in [1.165, 1.54) is 0 Å². The highest BCUT2D eigenvalue weighted by atomic mass is 16.5. The van der Waals surface area contributed by atoms with Gasteiger partial charge in [0.25, 0.3) is 0 Å². The molecule has 1 saturated heterocycles. The van der Waals surface area contributed by atoms with Crippen LogP contribution in [0.25, 0.3) is 0 Å². The van der Waals surface area contributed by atoms with E-state index in [-0.39, 0.29) is 17.9 Å². The first-order chi connectivity index (χ1) is 7.04. The van der Waals surface area contributed by atoms with Gasteiger partial charge in [0, 0.05) is 12.1 Å². The third-order valence-corrected chi connectivity index (χ3v) is 3.62. The summed E-state index contributed by atoms with van der Waals surface area (Å²) in [7, 11) is 1.88. The topological polar surface area (TPSA) is 50.4 Å². The zero-order valence-electron chi connectivity index (χ0n) is 9.67. The average molecular weight is 212 g/mol. The molecule has 4 heteroatoms. The molecule has 2 fully saturated rings.